The van der Waals surface area contributed by atoms with E-state index in [1.807, 2.05) is 52.2 Å². The van der Waals surface area contributed by atoms with E-state index in [1.165, 1.54) is 0 Å². The SMILES string of the molecule is CN(C)Cc1cccc(C(=O)NCC(C)(C)CCO)c1. The summed E-state index contributed by atoms with van der Waals surface area (Å²) in [7, 11) is 4.01. The number of amides is 1. The van der Waals surface area contributed by atoms with Gasteiger partial charge in [0.15, 0.2) is 0 Å². The molecule has 0 heterocycles. The molecule has 0 aliphatic heterocycles. The van der Waals surface area contributed by atoms with Gasteiger partial charge in [-0.3, -0.25) is 4.79 Å². The van der Waals surface area contributed by atoms with Crippen LogP contribution in [0.15, 0.2) is 24.3 Å². The molecular formula is C16H26N2O2. The van der Waals surface area contributed by atoms with Crippen LogP contribution in [0.5, 0.6) is 0 Å². The van der Waals surface area contributed by atoms with Crippen molar-refractivity contribution in [3.05, 3.63) is 35.4 Å². The molecule has 0 aliphatic rings. The molecule has 0 fully saturated rings. The Balaban J connectivity index is 2.63. The van der Waals surface area contributed by atoms with Gasteiger partial charge >= 0.3 is 0 Å². The van der Waals surface area contributed by atoms with Crippen molar-refractivity contribution < 1.29 is 9.90 Å². The van der Waals surface area contributed by atoms with Gasteiger partial charge in [0.05, 0.1) is 0 Å². The zero-order chi connectivity index (χ0) is 15.2. The van der Waals surface area contributed by atoms with Crippen LogP contribution in [0.4, 0.5) is 0 Å². The lowest BCUT2D eigenvalue weighted by Crippen LogP contribution is -2.34. The van der Waals surface area contributed by atoms with E-state index < -0.39 is 0 Å². The van der Waals surface area contributed by atoms with Gasteiger partial charge in [-0.15, -0.1) is 0 Å². The van der Waals surface area contributed by atoms with Crippen LogP contribution >= 0.6 is 0 Å². The molecule has 0 radical (unpaired) electrons. The molecule has 4 heteroatoms. The molecule has 0 saturated carbocycles. The number of nitrogens with one attached hydrogen (secondary N) is 1. The Morgan fingerprint density at radius 3 is 2.65 bits per heavy atom. The molecule has 0 bridgehead atoms. The van der Waals surface area contributed by atoms with Gasteiger partial charge < -0.3 is 15.3 Å². The molecule has 1 aromatic carbocycles. The second-order valence-corrected chi connectivity index (χ2v) is 6.26. The highest BCUT2D eigenvalue weighted by molar-refractivity contribution is 5.94. The van der Waals surface area contributed by atoms with Crippen molar-refractivity contribution in [2.24, 2.45) is 5.41 Å². The summed E-state index contributed by atoms with van der Waals surface area (Å²) in [5, 5.41) is 11.9. The fourth-order valence-electron chi connectivity index (χ4n) is 1.99. The Hall–Kier alpha value is -1.39. The third-order valence-corrected chi connectivity index (χ3v) is 3.20. The first-order chi connectivity index (χ1) is 9.34. The summed E-state index contributed by atoms with van der Waals surface area (Å²) < 4.78 is 0. The largest absolute Gasteiger partial charge is 0.396 e. The van der Waals surface area contributed by atoms with Crippen molar-refractivity contribution in [3.63, 3.8) is 0 Å². The summed E-state index contributed by atoms with van der Waals surface area (Å²) in [6.45, 7) is 5.58. The summed E-state index contributed by atoms with van der Waals surface area (Å²) in [5.74, 6) is -0.0587. The van der Waals surface area contributed by atoms with Gasteiger partial charge in [0.1, 0.15) is 0 Å². The molecule has 4 nitrogen and oxygen atoms in total. The van der Waals surface area contributed by atoms with E-state index in [0.29, 0.717) is 18.5 Å². The van der Waals surface area contributed by atoms with Crippen LogP contribution < -0.4 is 5.32 Å². The van der Waals surface area contributed by atoms with Crippen molar-refractivity contribution in [3.8, 4) is 0 Å². The number of aliphatic hydroxyl groups is 1. The van der Waals surface area contributed by atoms with Crippen LogP contribution in [0.1, 0.15) is 36.2 Å². The average molecular weight is 278 g/mol. The first-order valence-corrected chi connectivity index (χ1v) is 6.97. The highest BCUT2D eigenvalue weighted by Gasteiger charge is 2.18. The molecule has 20 heavy (non-hydrogen) atoms. The van der Waals surface area contributed by atoms with Gasteiger partial charge in [-0.05, 0) is 43.6 Å². The predicted molar refractivity (Wildman–Crippen MR) is 81.7 cm³/mol. The average Bonchev–Trinajstić information content (AvgIpc) is 2.35. The molecule has 2 N–H and O–H groups in total. The summed E-state index contributed by atoms with van der Waals surface area (Å²) in [5.41, 5.74) is 1.72. The van der Waals surface area contributed by atoms with Crippen molar-refractivity contribution in [1.29, 1.82) is 0 Å². The quantitative estimate of drug-likeness (QED) is 0.801. The maximum Gasteiger partial charge on any atom is 0.251 e. The zero-order valence-electron chi connectivity index (χ0n) is 12.9. The summed E-state index contributed by atoms with van der Waals surface area (Å²) in [4.78, 5) is 14.2. The minimum atomic E-state index is -0.0916. The van der Waals surface area contributed by atoms with Gasteiger partial charge in [0.2, 0.25) is 0 Å². The summed E-state index contributed by atoms with van der Waals surface area (Å²) in [6.07, 6.45) is 0.675. The fraction of sp³-hybridized carbons (Fsp3) is 0.562. The molecule has 0 aliphatic carbocycles. The first-order valence-electron chi connectivity index (χ1n) is 6.97. The van der Waals surface area contributed by atoms with Crippen LogP contribution in [-0.2, 0) is 6.54 Å². The third-order valence-electron chi connectivity index (χ3n) is 3.20. The molecule has 1 amide bonds. The number of nitrogens with zero attached hydrogens (tertiary/aromatic N) is 1. The van der Waals surface area contributed by atoms with Crippen LogP contribution in [-0.4, -0.2) is 43.2 Å². The molecule has 112 valence electrons. The van der Waals surface area contributed by atoms with Crippen LogP contribution in [0.25, 0.3) is 0 Å². The van der Waals surface area contributed by atoms with Gasteiger partial charge in [0.25, 0.3) is 5.91 Å². The second-order valence-electron chi connectivity index (χ2n) is 6.26. The molecule has 0 unspecified atom stereocenters. The number of rotatable bonds is 7. The minimum absolute atomic E-state index is 0.0587. The number of aliphatic hydroxyl groups excluding tert-OH is 1. The van der Waals surface area contributed by atoms with E-state index >= 15 is 0 Å². The van der Waals surface area contributed by atoms with Crippen LogP contribution in [0, 0.1) is 5.41 Å². The lowest BCUT2D eigenvalue weighted by molar-refractivity contribution is 0.0928. The highest BCUT2D eigenvalue weighted by Crippen LogP contribution is 2.18. The van der Waals surface area contributed by atoms with Crippen LogP contribution in [0.3, 0.4) is 0 Å². The number of carbonyl (C=O) groups excluding carboxylic acids is 1. The van der Waals surface area contributed by atoms with Crippen molar-refractivity contribution in [1.82, 2.24) is 10.2 Å². The Labute approximate surface area is 121 Å². The predicted octanol–water partition coefficient (Wildman–Crippen LogP) is 1.89. The van der Waals surface area contributed by atoms with E-state index in [4.69, 9.17) is 5.11 Å². The smallest absolute Gasteiger partial charge is 0.251 e. The topological polar surface area (TPSA) is 52.6 Å². The Kier molecular flexibility index (Phi) is 6.17. The van der Waals surface area contributed by atoms with Gasteiger partial charge in [-0.25, -0.2) is 0 Å². The van der Waals surface area contributed by atoms with Gasteiger partial charge in [-0.1, -0.05) is 26.0 Å². The van der Waals surface area contributed by atoms with E-state index in [2.05, 4.69) is 10.2 Å². The van der Waals surface area contributed by atoms with Crippen molar-refractivity contribution >= 4 is 5.91 Å². The van der Waals surface area contributed by atoms with Crippen LogP contribution in [0.2, 0.25) is 0 Å². The minimum Gasteiger partial charge on any atom is -0.396 e. The number of hydrogen-bond donors (Lipinski definition) is 2. The number of carbonyl (C=O) groups is 1. The first kappa shape index (κ1) is 16.7. The van der Waals surface area contributed by atoms with E-state index in [1.54, 1.807) is 0 Å². The molecule has 0 spiro atoms. The molecular weight excluding hydrogens is 252 g/mol. The molecule has 0 atom stereocenters. The Morgan fingerprint density at radius 1 is 1.35 bits per heavy atom. The number of hydrogen-bond acceptors (Lipinski definition) is 3. The molecule has 0 saturated heterocycles. The molecule has 0 aromatic heterocycles. The maximum absolute atomic E-state index is 12.1. The lowest BCUT2D eigenvalue weighted by Gasteiger charge is -2.23. The monoisotopic (exact) mass is 278 g/mol. The summed E-state index contributed by atoms with van der Waals surface area (Å²) >= 11 is 0. The lowest BCUT2D eigenvalue weighted by atomic mass is 9.89. The number of benzene rings is 1. The van der Waals surface area contributed by atoms with Gasteiger partial charge in [0, 0.05) is 25.3 Å². The third kappa shape index (κ3) is 5.72. The maximum atomic E-state index is 12.1. The van der Waals surface area contributed by atoms with E-state index in [-0.39, 0.29) is 17.9 Å². The standard InChI is InChI=1S/C16H26N2O2/c1-16(2,8-9-19)12-17-15(20)14-7-5-6-13(10-14)11-18(3)4/h5-7,10,19H,8-9,11-12H2,1-4H3,(H,17,20). The fourth-order valence-corrected chi connectivity index (χ4v) is 1.99. The summed E-state index contributed by atoms with van der Waals surface area (Å²) in [6, 6.07) is 7.68. The molecule has 1 aromatic rings. The second kappa shape index (κ2) is 7.41. The Morgan fingerprint density at radius 2 is 2.05 bits per heavy atom. The Bertz CT molecular complexity index is 442. The van der Waals surface area contributed by atoms with E-state index in [0.717, 1.165) is 12.1 Å². The highest BCUT2D eigenvalue weighted by atomic mass is 16.3. The molecule has 1 rings (SSSR count). The van der Waals surface area contributed by atoms with Crippen molar-refractivity contribution in [2.75, 3.05) is 27.2 Å². The normalized spacial score (nSPS) is 11.7. The zero-order valence-corrected chi connectivity index (χ0v) is 12.9. The van der Waals surface area contributed by atoms with Gasteiger partial charge in [-0.2, -0.15) is 0 Å². The van der Waals surface area contributed by atoms with E-state index in [9.17, 15) is 4.79 Å². The van der Waals surface area contributed by atoms with Crippen molar-refractivity contribution in [2.45, 2.75) is 26.8 Å².